The van der Waals surface area contributed by atoms with Gasteiger partial charge in [0, 0.05) is 23.6 Å². The monoisotopic (exact) mass is 459 g/mol. The minimum atomic E-state index is -3.26. The number of nitrogens with one attached hydrogen (secondary N) is 1. The molecular weight excluding hydrogens is 445 g/mol. The molecule has 0 unspecified atom stereocenters. The quantitative estimate of drug-likeness (QED) is 0.485. The van der Waals surface area contributed by atoms with Crippen molar-refractivity contribution >= 4 is 57.5 Å². The van der Waals surface area contributed by atoms with Crippen molar-refractivity contribution in [3.63, 3.8) is 0 Å². The van der Waals surface area contributed by atoms with Crippen molar-refractivity contribution < 1.29 is 13.2 Å². The number of sulfone groups is 1. The van der Waals surface area contributed by atoms with Gasteiger partial charge in [0.1, 0.15) is 15.6 Å². The van der Waals surface area contributed by atoms with E-state index < -0.39 is 15.7 Å². The van der Waals surface area contributed by atoms with E-state index >= 15 is 0 Å². The first-order chi connectivity index (χ1) is 12.3. The highest BCUT2D eigenvalue weighted by molar-refractivity contribution is 7.92. The second-order valence-electron chi connectivity index (χ2n) is 5.70. The summed E-state index contributed by atoms with van der Waals surface area (Å²) < 4.78 is 25.6. The number of pyridine rings is 1. The van der Waals surface area contributed by atoms with E-state index in [1.807, 2.05) is 22.7 Å². The van der Waals surface area contributed by atoms with Crippen molar-refractivity contribution in [1.29, 1.82) is 0 Å². The summed E-state index contributed by atoms with van der Waals surface area (Å²) in [6, 6.07) is 6.96. The molecule has 0 fully saturated rings. The number of hydrogen-bond donors (Lipinski definition) is 2. The van der Waals surface area contributed by atoms with Crippen LogP contribution in [0.15, 0.2) is 47.1 Å². The number of amides is 1. The number of thiophene rings is 1. The van der Waals surface area contributed by atoms with E-state index in [0.717, 1.165) is 16.1 Å². The van der Waals surface area contributed by atoms with Gasteiger partial charge in [-0.2, -0.15) is 5.10 Å². The van der Waals surface area contributed by atoms with E-state index in [1.54, 1.807) is 18.3 Å². The van der Waals surface area contributed by atoms with Gasteiger partial charge in [-0.05, 0) is 24.3 Å². The van der Waals surface area contributed by atoms with Crippen LogP contribution >= 0.6 is 36.2 Å². The summed E-state index contributed by atoms with van der Waals surface area (Å²) in [5.41, 5.74) is 8.37. The topological polar surface area (TPSA) is 123 Å². The van der Waals surface area contributed by atoms with Crippen LogP contribution in [0.2, 0.25) is 0 Å². The Morgan fingerprint density at radius 1 is 1.18 bits per heavy atom. The highest BCUT2D eigenvalue weighted by atomic mass is 35.5. The molecule has 0 aliphatic heterocycles. The maximum atomic E-state index is 11.7. The zero-order valence-electron chi connectivity index (χ0n) is 14.3. The minimum absolute atomic E-state index is 0. The largest absolute Gasteiger partial charge is 0.364 e. The molecule has 0 saturated carbocycles. The Morgan fingerprint density at radius 2 is 1.93 bits per heavy atom. The number of carbonyl (C=O) groups excluding carboxylic acids is 1. The van der Waals surface area contributed by atoms with Crippen LogP contribution in [0, 0.1) is 0 Å². The van der Waals surface area contributed by atoms with Crippen LogP contribution in [0.3, 0.4) is 0 Å². The number of nitrogens with two attached hydrogens (primary N) is 1. The SMILES string of the molecule is CS(=O)(=O)c1ccc(-c2cnc3ccc(-c4cn[nH]c4C(N)=O)cn23)s1.Cl.Cl. The number of hydrogen-bond acceptors (Lipinski definition) is 6. The van der Waals surface area contributed by atoms with E-state index in [2.05, 4.69) is 15.2 Å². The number of imidazole rings is 1. The summed E-state index contributed by atoms with van der Waals surface area (Å²) in [7, 11) is -3.26. The van der Waals surface area contributed by atoms with Crippen molar-refractivity contribution in [1.82, 2.24) is 19.6 Å². The fourth-order valence-corrected chi connectivity index (χ4v) is 4.61. The standard InChI is InChI=1S/C16H13N5O3S2.2ClH/c1-26(23,24)14-5-3-12(25-14)11-7-18-13-4-2-9(8-21(11)13)10-6-19-20-15(10)16(17)22;;/h2-8H,1H3,(H2,17,22)(H,19,20);2*1H. The van der Waals surface area contributed by atoms with E-state index in [9.17, 15) is 13.2 Å². The van der Waals surface area contributed by atoms with E-state index in [0.29, 0.717) is 15.4 Å². The molecule has 28 heavy (non-hydrogen) atoms. The smallest absolute Gasteiger partial charge is 0.267 e. The summed E-state index contributed by atoms with van der Waals surface area (Å²) >= 11 is 1.18. The van der Waals surface area contributed by atoms with Gasteiger partial charge in [-0.15, -0.1) is 36.2 Å². The summed E-state index contributed by atoms with van der Waals surface area (Å²) in [6.45, 7) is 0. The van der Waals surface area contributed by atoms with Crippen LogP contribution in [0.25, 0.3) is 27.3 Å². The van der Waals surface area contributed by atoms with Gasteiger partial charge < -0.3 is 5.73 Å². The predicted molar refractivity (Wildman–Crippen MR) is 112 cm³/mol. The zero-order chi connectivity index (χ0) is 18.5. The van der Waals surface area contributed by atoms with E-state index in [4.69, 9.17) is 5.73 Å². The number of aromatic amines is 1. The molecule has 0 atom stereocenters. The van der Waals surface area contributed by atoms with Gasteiger partial charge in [-0.1, -0.05) is 0 Å². The van der Waals surface area contributed by atoms with Gasteiger partial charge in [0.2, 0.25) is 0 Å². The van der Waals surface area contributed by atoms with Crippen LogP contribution in [0.4, 0.5) is 0 Å². The number of halogens is 2. The third-order valence-corrected chi connectivity index (χ3v) is 6.83. The van der Waals surface area contributed by atoms with Crippen molar-refractivity contribution in [2.24, 2.45) is 5.73 Å². The van der Waals surface area contributed by atoms with Gasteiger partial charge >= 0.3 is 0 Å². The molecule has 0 aromatic carbocycles. The normalized spacial score (nSPS) is 11.0. The second-order valence-corrected chi connectivity index (χ2v) is 9.03. The molecule has 4 heterocycles. The molecular formula is C16H15Cl2N5O3S2. The maximum absolute atomic E-state index is 11.7. The maximum Gasteiger partial charge on any atom is 0.267 e. The molecule has 4 aromatic rings. The Morgan fingerprint density at radius 3 is 2.57 bits per heavy atom. The summed E-state index contributed by atoms with van der Waals surface area (Å²) in [5.74, 6) is -0.598. The van der Waals surface area contributed by atoms with Crippen LogP contribution in [-0.4, -0.2) is 40.2 Å². The Labute approximate surface area is 176 Å². The number of primary amides is 1. The summed E-state index contributed by atoms with van der Waals surface area (Å²) in [5, 5.41) is 6.48. The average Bonchev–Trinajstić information content (AvgIpc) is 3.31. The van der Waals surface area contributed by atoms with Gasteiger partial charge in [-0.25, -0.2) is 13.4 Å². The molecule has 0 aliphatic carbocycles. The lowest BCUT2D eigenvalue weighted by molar-refractivity contribution is 0.0996. The van der Waals surface area contributed by atoms with Crippen LogP contribution < -0.4 is 5.73 Å². The third kappa shape index (κ3) is 3.76. The third-order valence-electron chi connectivity index (χ3n) is 3.90. The molecule has 0 bridgehead atoms. The van der Waals surface area contributed by atoms with Crippen molar-refractivity contribution in [3.8, 4) is 21.7 Å². The Bertz CT molecular complexity index is 1260. The average molecular weight is 460 g/mol. The number of H-pyrrole nitrogens is 1. The molecule has 0 saturated heterocycles. The van der Waals surface area contributed by atoms with Crippen LogP contribution in [0.1, 0.15) is 10.5 Å². The zero-order valence-corrected chi connectivity index (χ0v) is 17.6. The highest BCUT2D eigenvalue weighted by Crippen LogP contribution is 2.32. The first kappa shape index (κ1) is 21.9. The van der Waals surface area contributed by atoms with E-state index in [-0.39, 0.29) is 30.5 Å². The van der Waals surface area contributed by atoms with Crippen molar-refractivity contribution in [3.05, 3.63) is 48.5 Å². The Hall–Kier alpha value is -2.40. The fraction of sp³-hybridized carbons (Fsp3) is 0.0625. The lowest BCUT2D eigenvalue weighted by atomic mass is 10.1. The fourth-order valence-electron chi connectivity index (χ4n) is 2.67. The van der Waals surface area contributed by atoms with Gasteiger partial charge in [0.05, 0.1) is 23.0 Å². The summed E-state index contributed by atoms with van der Waals surface area (Å²) in [4.78, 5) is 16.7. The Balaban J connectivity index is 0.00000140. The van der Waals surface area contributed by atoms with Crippen molar-refractivity contribution in [2.75, 3.05) is 6.26 Å². The lowest BCUT2D eigenvalue weighted by Crippen LogP contribution is -2.12. The highest BCUT2D eigenvalue weighted by Gasteiger charge is 2.16. The molecule has 148 valence electrons. The predicted octanol–water partition coefficient (Wildman–Crippen LogP) is 2.80. The number of carbonyl (C=O) groups is 1. The van der Waals surface area contributed by atoms with Gasteiger partial charge in [0.15, 0.2) is 9.84 Å². The molecule has 4 rings (SSSR count). The molecule has 1 amide bonds. The molecule has 0 radical (unpaired) electrons. The lowest BCUT2D eigenvalue weighted by Gasteiger charge is -2.04. The molecule has 12 heteroatoms. The minimum Gasteiger partial charge on any atom is -0.364 e. The van der Waals surface area contributed by atoms with E-state index in [1.165, 1.54) is 23.8 Å². The van der Waals surface area contributed by atoms with Crippen LogP contribution in [0.5, 0.6) is 0 Å². The molecule has 4 aromatic heterocycles. The number of fused-ring (bicyclic) bond motifs is 1. The molecule has 8 nitrogen and oxygen atoms in total. The number of aromatic nitrogens is 4. The summed E-state index contributed by atoms with van der Waals surface area (Å²) in [6.07, 6.45) is 6.21. The van der Waals surface area contributed by atoms with Crippen LogP contribution in [-0.2, 0) is 9.84 Å². The second kappa shape index (κ2) is 7.92. The number of nitrogens with zero attached hydrogens (tertiary/aromatic N) is 3. The number of rotatable bonds is 4. The first-order valence-corrected chi connectivity index (χ1v) is 10.2. The molecule has 0 spiro atoms. The molecule has 3 N–H and O–H groups in total. The van der Waals surface area contributed by atoms with Gasteiger partial charge in [-0.3, -0.25) is 14.3 Å². The van der Waals surface area contributed by atoms with Gasteiger partial charge in [0.25, 0.3) is 5.91 Å². The first-order valence-electron chi connectivity index (χ1n) is 7.45. The molecule has 0 aliphatic rings. The Kier molecular flexibility index (Phi) is 6.19. The van der Waals surface area contributed by atoms with Crippen molar-refractivity contribution in [2.45, 2.75) is 4.21 Å².